The van der Waals surface area contributed by atoms with Gasteiger partial charge in [0.25, 0.3) is 0 Å². The maximum Gasteiger partial charge on any atom is 0.250 e. The monoisotopic (exact) mass is 297 g/mol. The molecular weight excluding hydrogens is 270 g/mol. The van der Waals surface area contributed by atoms with Crippen molar-refractivity contribution >= 4 is 8.32 Å². The number of aliphatic hydroxyl groups excluding tert-OH is 1. The zero-order valence-electron chi connectivity index (χ0n) is 13.4. The molecule has 4 nitrogen and oxygen atoms in total. The van der Waals surface area contributed by atoms with Gasteiger partial charge in [-0.25, -0.2) is 0 Å². The quantitative estimate of drug-likeness (QED) is 0.820. The minimum absolute atomic E-state index is 0.112. The Kier molecular flexibility index (Phi) is 5.24. The van der Waals surface area contributed by atoms with E-state index < -0.39 is 14.4 Å². The molecule has 0 saturated heterocycles. The van der Waals surface area contributed by atoms with Crippen molar-refractivity contribution in [3.63, 3.8) is 0 Å². The largest absolute Gasteiger partial charge is 0.543 e. The Morgan fingerprint density at radius 2 is 1.90 bits per heavy atom. The fourth-order valence-electron chi connectivity index (χ4n) is 1.61. The minimum atomic E-state index is -1.87. The summed E-state index contributed by atoms with van der Waals surface area (Å²) in [5, 5.41) is 9.30. The van der Waals surface area contributed by atoms with E-state index in [0.717, 1.165) is 11.3 Å². The Bertz CT molecular complexity index is 455. The highest BCUT2D eigenvalue weighted by Gasteiger charge is 2.39. The van der Waals surface area contributed by atoms with Crippen LogP contribution in [0.25, 0.3) is 0 Å². The van der Waals surface area contributed by atoms with E-state index in [2.05, 4.69) is 33.9 Å². The van der Waals surface area contributed by atoms with E-state index in [1.54, 1.807) is 7.11 Å². The SMILES string of the molecule is COc1cc(O[Si](C)(C)C(C)(C)C)ccc1[C@@H](N)CO. The van der Waals surface area contributed by atoms with Crippen molar-refractivity contribution in [3.05, 3.63) is 23.8 Å². The summed E-state index contributed by atoms with van der Waals surface area (Å²) >= 11 is 0. The number of aliphatic hydroxyl groups is 1. The lowest BCUT2D eigenvalue weighted by atomic mass is 10.1. The number of rotatable bonds is 5. The number of hydrogen-bond acceptors (Lipinski definition) is 4. The molecule has 0 aliphatic carbocycles. The molecule has 0 saturated carbocycles. The van der Waals surface area contributed by atoms with Gasteiger partial charge in [0, 0.05) is 11.6 Å². The van der Waals surface area contributed by atoms with Crippen molar-refractivity contribution in [2.24, 2.45) is 5.73 Å². The first kappa shape index (κ1) is 17.0. The number of hydrogen-bond donors (Lipinski definition) is 2. The third-order valence-corrected chi connectivity index (χ3v) is 8.34. The van der Waals surface area contributed by atoms with Crippen molar-refractivity contribution in [3.8, 4) is 11.5 Å². The lowest BCUT2D eigenvalue weighted by Gasteiger charge is -2.36. The zero-order chi connectivity index (χ0) is 15.6. The Hall–Kier alpha value is -1.04. The summed E-state index contributed by atoms with van der Waals surface area (Å²) in [6.07, 6.45) is 0. The molecule has 0 aliphatic rings. The van der Waals surface area contributed by atoms with Crippen LogP contribution in [0.15, 0.2) is 18.2 Å². The topological polar surface area (TPSA) is 64.7 Å². The average Bonchev–Trinajstić information content (AvgIpc) is 2.35. The third kappa shape index (κ3) is 3.74. The number of ether oxygens (including phenoxy) is 1. The van der Waals surface area contributed by atoms with Crippen LogP contribution >= 0.6 is 0 Å². The predicted octanol–water partition coefficient (Wildman–Crippen LogP) is 3.07. The molecule has 114 valence electrons. The summed E-state index contributed by atoms with van der Waals surface area (Å²) < 4.78 is 11.6. The van der Waals surface area contributed by atoms with Crippen LogP contribution in [0.3, 0.4) is 0 Å². The summed E-state index contributed by atoms with van der Waals surface area (Å²) in [7, 11) is -0.274. The first-order chi connectivity index (χ1) is 9.12. The van der Waals surface area contributed by atoms with E-state index in [1.807, 2.05) is 18.2 Å². The van der Waals surface area contributed by atoms with Crippen LogP contribution in [0.1, 0.15) is 32.4 Å². The molecule has 1 atom stereocenters. The van der Waals surface area contributed by atoms with Gasteiger partial charge in [-0.15, -0.1) is 0 Å². The van der Waals surface area contributed by atoms with Crippen molar-refractivity contribution in [1.82, 2.24) is 0 Å². The maximum atomic E-state index is 9.17. The van der Waals surface area contributed by atoms with Crippen LogP contribution in [0.4, 0.5) is 0 Å². The average molecular weight is 297 g/mol. The normalized spacial score (nSPS) is 14.0. The van der Waals surface area contributed by atoms with Crippen molar-refractivity contribution < 1.29 is 14.3 Å². The second kappa shape index (κ2) is 6.16. The molecule has 0 aromatic heterocycles. The maximum absolute atomic E-state index is 9.17. The molecule has 0 aliphatic heterocycles. The molecule has 1 rings (SSSR count). The van der Waals surface area contributed by atoms with Gasteiger partial charge in [-0.05, 0) is 24.2 Å². The first-order valence-corrected chi connectivity index (χ1v) is 9.76. The molecule has 0 unspecified atom stereocenters. The lowest BCUT2D eigenvalue weighted by molar-refractivity contribution is 0.264. The third-order valence-electron chi connectivity index (χ3n) is 3.98. The van der Waals surface area contributed by atoms with Gasteiger partial charge in [0.05, 0.1) is 19.8 Å². The summed E-state index contributed by atoms with van der Waals surface area (Å²) in [6.45, 7) is 10.9. The number of methoxy groups -OCH3 is 1. The number of nitrogens with two attached hydrogens (primary N) is 1. The van der Waals surface area contributed by atoms with Crippen molar-refractivity contribution in [2.45, 2.75) is 44.9 Å². The van der Waals surface area contributed by atoms with Gasteiger partial charge in [0.15, 0.2) is 0 Å². The van der Waals surface area contributed by atoms with E-state index in [9.17, 15) is 0 Å². The molecule has 1 aromatic rings. The molecule has 0 amide bonds. The molecule has 1 aromatic carbocycles. The molecular formula is C15H27NO3Si. The van der Waals surface area contributed by atoms with Gasteiger partial charge >= 0.3 is 0 Å². The van der Waals surface area contributed by atoms with Gasteiger partial charge in [0.2, 0.25) is 8.32 Å². The van der Waals surface area contributed by atoms with Gasteiger partial charge in [0.1, 0.15) is 11.5 Å². The Labute approximate surface area is 123 Å². The molecule has 20 heavy (non-hydrogen) atoms. The Morgan fingerprint density at radius 3 is 2.35 bits per heavy atom. The van der Waals surface area contributed by atoms with Gasteiger partial charge in [-0.2, -0.15) is 0 Å². The van der Waals surface area contributed by atoms with Gasteiger partial charge in [-0.1, -0.05) is 26.8 Å². The van der Waals surface area contributed by atoms with E-state index in [4.69, 9.17) is 20.0 Å². The second-order valence-electron chi connectivity index (χ2n) is 6.56. The summed E-state index contributed by atoms with van der Waals surface area (Å²) in [6, 6.07) is 5.17. The minimum Gasteiger partial charge on any atom is -0.543 e. The Morgan fingerprint density at radius 1 is 1.30 bits per heavy atom. The lowest BCUT2D eigenvalue weighted by Crippen LogP contribution is -2.43. The fraction of sp³-hybridized carbons (Fsp3) is 0.600. The molecule has 0 radical (unpaired) electrons. The van der Waals surface area contributed by atoms with Crippen molar-refractivity contribution in [2.75, 3.05) is 13.7 Å². The molecule has 0 fully saturated rings. The van der Waals surface area contributed by atoms with E-state index >= 15 is 0 Å². The molecule has 0 bridgehead atoms. The van der Waals surface area contributed by atoms with E-state index in [-0.39, 0.29) is 11.6 Å². The highest BCUT2D eigenvalue weighted by molar-refractivity contribution is 6.74. The fourth-order valence-corrected chi connectivity index (χ4v) is 2.63. The van der Waals surface area contributed by atoms with Crippen LogP contribution in [0, 0.1) is 0 Å². The standard InChI is InChI=1S/C15H27NO3Si/c1-15(2,3)20(5,6)19-11-7-8-12(13(16)10-17)14(9-11)18-4/h7-9,13,17H,10,16H2,1-6H3/t13-/m0/s1. The van der Waals surface area contributed by atoms with Gasteiger partial charge < -0.3 is 20.0 Å². The van der Waals surface area contributed by atoms with E-state index in [0.29, 0.717) is 5.75 Å². The van der Waals surface area contributed by atoms with E-state index in [1.165, 1.54) is 0 Å². The number of benzene rings is 1. The summed E-state index contributed by atoms with van der Waals surface area (Å²) in [4.78, 5) is 0. The van der Waals surface area contributed by atoms with Gasteiger partial charge in [-0.3, -0.25) is 0 Å². The second-order valence-corrected chi connectivity index (χ2v) is 11.3. The van der Waals surface area contributed by atoms with Crippen LogP contribution in [-0.2, 0) is 0 Å². The van der Waals surface area contributed by atoms with Crippen LogP contribution < -0.4 is 14.9 Å². The van der Waals surface area contributed by atoms with Crippen LogP contribution in [0.5, 0.6) is 11.5 Å². The first-order valence-electron chi connectivity index (χ1n) is 6.86. The highest BCUT2D eigenvalue weighted by atomic mass is 28.4. The molecule has 0 spiro atoms. The summed E-state index contributed by atoms with van der Waals surface area (Å²) in [5.41, 5.74) is 6.64. The zero-order valence-corrected chi connectivity index (χ0v) is 14.4. The molecule has 3 N–H and O–H groups in total. The molecule has 5 heteroatoms. The Balaban J connectivity index is 3.05. The summed E-state index contributed by atoms with van der Waals surface area (Å²) in [5.74, 6) is 1.45. The van der Waals surface area contributed by atoms with Crippen LogP contribution in [0.2, 0.25) is 18.1 Å². The smallest absolute Gasteiger partial charge is 0.250 e. The van der Waals surface area contributed by atoms with Crippen molar-refractivity contribution in [1.29, 1.82) is 0 Å². The van der Waals surface area contributed by atoms with Crippen LogP contribution in [-0.4, -0.2) is 27.1 Å². The predicted molar refractivity (Wildman–Crippen MR) is 84.8 cm³/mol. The molecule has 0 heterocycles. The highest BCUT2D eigenvalue weighted by Crippen LogP contribution is 2.38.